The van der Waals surface area contributed by atoms with Crippen LogP contribution in [-0.2, 0) is 4.79 Å². The molecule has 0 spiro atoms. The van der Waals surface area contributed by atoms with E-state index in [1.54, 1.807) is 0 Å². The molecule has 0 unspecified atom stereocenters. The second-order valence-corrected chi connectivity index (χ2v) is 4.14. The Kier molecular flexibility index (Phi) is 4.39. The minimum Gasteiger partial charge on any atom is -0.484 e. The number of hydrazine groups is 1. The van der Waals surface area contributed by atoms with Crippen molar-refractivity contribution >= 4 is 11.6 Å². The molecule has 98 valence electrons. The van der Waals surface area contributed by atoms with Crippen molar-refractivity contribution in [1.29, 1.82) is 0 Å². The maximum atomic E-state index is 11.6. The molecule has 0 bridgehead atoms. The van der Waals surface area contributed by atoms with Gasteiger partial charge >= 0.3 is 0 Å². The van der Waals surface area contributed by atoms with Gasteiger partial charge in [0.1, 0.15) is 5.75 Å². The Morgan fingerprint density at radius 1 is 1.11 bits per heavy atom. The molecule has 2 aromatic carbocycles. The van der Waals surface area contributed by atoms with Crippen molar-refractivity contribution in [2.45, 2.75) is 6.92 Å². The number of nitrogens with one attached hydrogen (secondary N) is 2. The van der Waals surface area contributed by atoms with Gasteiger partial charge in [0, 0.05) is 0 Å². The third-order valence-corrected chi connectivity index (χ3v) is 2.48. The Labute approximate surface area is 112 Å². The van der Waals surface area contributed by atoms with Gasteiger partial charge in [-0.2, -0.15) is 0 Å². The highest BCUT2D eigenvalue weighted by Gasteiger charge is 2.02. The summed E-state index contributed by atoms with van der Waals surface area (Å²) in [5, 5.41) is 0. The van der Waals surface area contributed by atoms with Crippen LogP contribution in [0.3, 0.4) is 0 Å². The number of aryl methyl sites for hydroxylation is 1. The Hall–Kier alpha value is -2.49. The molecule has 0 aliphatic rings. The second-order valence-electron chi connectivity index (χ2n) is 4.14. The highest BCUT2D eigenvalue weighted by atomic mass is 16.5. The highest BCUT2D eigenvalue weighted by molar-refractivity contribution is 5.78. The molecule has 4 nitrogen and oxygen atoms in total. The topological polar surface area (TPSA) is 50.4 Å². The highest BCUT2D eigenvalue weighted by Crippen LogP contribution is 2.11. The molecule has 2 N–H and O–H groups in total. The van der Waals surface area contributed by atoms with Crippen molar-refractivity contribution in [2.75, 3.05) is 12.0 Å². The molecule has 0 aliphatic carbocycles. The number of ether oxygens (including phenoxy) is 1. The number of rotatable bonds is 5. The van der Waals surface area contributed by atoms with Crippen LogP contribution in [0.2, 0.25) is 0 Å². The fourth-order valence-corrected chi connectivity index (χ4v) is 1.55. The molecule has 0 atom stereocenters. The number of anilines is 1. The van der Waals surface area contributed by atoms with Crippen LogP contribution in [0.15, 0.2) is 54.6 Å². The molecular weight excluding hydrogens is 240 g/mol. The van der Waals surface area contributed by atoms with Crippen LogP contribution in [-0.4, -0.2) is 12.5 Å². The van der Waals surface area contributed by atoms with E-state index in [4.69, 9.17) is 4.74 Å². The fraction of sp³-hybridized carbons (Fsp3) is 0.133. The lowest BCUT2D eigenvalue weighted by Crippen LogP contribution is -2.33. The van der Waals surface area contributed by atoms with Gasteiger partial charge in [-0.1, -0.05) is 30.3 Å². The summed E-state index contributed by atoms with van der Waals surface area (Å²) in [6.07, 6.45) is 0. The smallest absolute Gasteiger partial charge is 0.276 e. The summed E-state index contributed by atoms with van der Waals surface area (Å²) < 4.78 is 5.38. The predicted octanol–water partition coefficient (Wildman–Crippen LogP) is 2.52. The second kappa shape index (κ2) is 6.44. The maximum Gasteiger partial charge on any atom is 0.276 e. The van der Waals surface area contributed by atoms with E-state index in [2.05, 4.69) is 10.9 Å². The van der Waals surface area contributed by atoms with Gasteiger partial charge in [-0.3, -0.25) is 15.6 Å². The molecule has 4 heteroatoms. The third-order valence-electron chi connectivity index (χ3n) is 2.48. The van der Waals surface area contributed by atoms with Gasteiger partial charge in [-0.25, -0.2) is 0 Å². The van der Waals surface area contributed by atoms with E-state index in [1.807, 2.05) is 61.5 Å². The summed E-state index contributed by atoms with van der Waals surface area (Å²) in [5.74, 6) is 0.459. The van der Waals surface area contributed by atoms with Crippen LogP contribution in [0, 0.1) is 6.92 Å². The van der Waals surface area contributed by atoms with Crippen LogP contribution >= 0.6 is 0 Å². The van der Waals surface area contributed by atoms with Gasteiger partial charge in [0.2, 0.25) is 0 Å². The monoisotopic (exact) mass is 256 g/mol. The van der Waals surface area contributed by atoms with Crippen molar-refractivity contribution in [3.05, 3.63) is 60.2 Å². The first-order valence-corrected chi connectivity index (χ1v) is 6.03. The van der Waals surface area contributed by atoms with Crippen molar-refractivity contribution in [1.82, 2.24) is 5.43 Å². The first kappa shape index (κ1) is 13.0. The number of benzene rings is 2. The fourth-order valence-electron chi connectivity index (χ4n) is 1.55. The number of para-hydroxylation sites is 1. The van der Waals surface area contributed by atoms with Crippen LogP contribution < -0.4 is 15.6 Å². The van der Waals surface area contributed by atoms with Crippen LogP contribution in [0.25, 0.3) is 0 Å². The van der Waals surface area contributed by atoms with Gasteiger partial charge in [0.25, 0.3) is 5.91 Å². The largest absolute Gasteiger partial charge is 0.484 e. The minimum atomic E-state index is -0.231. The zero-order chi connectivity index (χ0) is 13.5. The van der Waals surface area contributed by atoms with Gasteiger partial charge in [0.15, 0.2) is 6.61 Å². The summed E-state index contributed by atoms with van der Waals surface area (Å²) in [6.45, 7) is 1.95. The van der Waals surface area contributed by atoms with E-state index in [1.165, 1.54) is 0 Å². The molecule has 0 fully saturated rings. The molecule has 0 aliphatic heterocycles. The normalized spacial score (nSPS) is 9.74. The van der Waals surface area contributed by atoms with Crippen molar-refractivity contribution in [3.8, 4) is 5.75 Å². The first-order chi connectivity index (χ1) is 9.24. The number of carbonyl (C=O) groups excluding carboxylic acids is 1. The molecule has 2 rings (SSSR count). The lowest BCUT2D eigenvalue weighted by Gasteiger charge is -2.09. The molecule has 19 heavy (non-hydrogen) atoms. The molecule has 0 heterocycles. The zero-order valence-electron chi connectivity index (χ0n) is 10.7. The Bertz CT molecular complexity index is 541. The average Bonchev–Trinajstić information content (AvgIpc) is 2.44. The lowest BCUT2D eigenvalue weighted by atomic mass is 10.2. The van der Waals surface area contributed by atoms with E-state index < -0.39 is 0 Å². The third kappa shape index (κ3) is 4.35. The van der Waals surface area contributed by atoms with Gasteiger partial charge < -0.3 is 4.74 Å². The summed E-state index contributed by atoms with van der Waals surface area (Å²) in [5.41, 5.74) is 7.31. The summed E-state index contributed by atoms with van der Waals surface area (Å²) in [6, 6.07) is 17.0. The van der Waals surface area contributed by atoms with Crippen LogP contribution in [0.4, 0.5) is 5.69 Å². The molecule has 0 saturated heterocycles. The molecule has 0 saturated carbocycles. The average molecular weight is 256 g/mol. The van der Waals surface area contributed by atoms with Crippen LogP contribution in [0.1, 0.15) is 5.56 Å². The number of hydrogen-bond acceptors (Lipinski definition) is 3. The SMILES string of the molecule is Cc1cccc(OCC(=O)NNc2ccccc2)c1. The van der Waals surface area contributed by atoms with E-state index in [0.29, 0.717) is 5.75 Å². The van der Waals surface area contributed by atoms with Gasteiger partial charge in [-0.05, 0) is 36.8 Å². The zero-order valence-corrected chi connectivity index (χ0v) is 10.7. The molecule has 1 amide bonds. The van der Waals surface area contributed by atoms with E-state index in [-0.39, 0.29) is 12.5 Å². The number of carbonyl (C=O) groups is 1. The van der Waals surface area contributed by atoms with Crippen molar-refractivity contribution in [3.63, 3.8) is 0 Å². The van der Waals surface area contributed by atoms with Gasteiger partial charge in [-0.15, -0.1) is 0 Å². The molecule has 0 radical (unpaired) electrons. The van der Waals surface area contributed by atoms with Crippen molar-refractivity contribution in [2.24, 2.45) is 0 Å². The summed E-state index contributed by atoms with van der Waals surface area (Å²) >= 11 is 0. The molecule has 0 aromatic heterocycles. The van der Waals surface area contributed by atoms with E-state index in [9.17, 15) is 4.79 Å². The van der Waals surface area contributed by atoms with E-state index >= 15 is 0 Å². The Morgan fingerprint density at radius 2 is 1.89 bits per heavy atom. The van der Waals surface area contributed by atoms with E-state index in [0.717, 1.165) is 11.3 Å². The van der Waals surface area contributed by atoms with Crippen molar-refractivity contribution < 1.29 is 9.53 Å². The minimum absolute atomic E-state index is 0.0245. The Balaban J connectivity index is 1.76. The number of hydrogen-bond donors (Lipinski definition) is 2. The maximum absolute atomic E-state index is 11.6. The lowest BCUT2D eigenvalue weighted by molar-refractivity contribution is -0.122. The molecule has 2 aromatic rings. The first-order valence-electron chi connectivity index (χ1n) is 6.03. The van der Waals surface area contributed by atoms with Crippen LogP contribution in [0.5, 0.6) is 5.75 Å². The Morgan fingerprint density at radius 3 is 2.63 bits per heavy atom. The standard InChI is InChI=1S/C15H16N2O2/c1-12-6-5-9-14(10-12)19-11-15(18)17-16-13-7-3-2-4-8-13/h2-10,16H,11H2,1H3,(H,17,18). The number of amides is 1. The summed E-state index contributed by atoms with van der Waals surface area (Å²) in [4.78, 5) is 11.6. The van der Waals surface area contributed by atoms with Gasteiger partial charge in [0.05, 0.1) is 5.69 Å². The predicted molar refractivity (Wildman–Crippen MR) is 74.9 cm³/mol. The molecular formula is C15H16N2O2. The summed E-state index contributed by atoms with van der Waals surface area (Å²) in [7, 11) is 0. The quantitative estimate of drug-likeness (QED) is 0.808.